The molecule has 0 amide bonds. The predicted molar refractivity (Wildman–Crippen MR) is 48.5 cm³/mol. The van der Waals surface area contributed by atoms with Gasteiger partial charge in [-0.25, -0.2) is 0 Å². The molecule has 0 aromatic carbocycles. The molecule has 1 unspecified atom stereocenters. The summed E-state index contributed by atoms with van der Waals surface area (Å²) in [4.78, 5) is 12.7. The van der Waals surface area contributed by atoms with E-state index >= 15 is 0 Å². The highest BCUT2D eigenvalue weighted by Gasteiger charge is 2.48. The zero-order valence-electron chi connectivity index (χ0n) is 8.37. The van der Waals surface area contributed by atoms with Gasteiger partial charge < -0.3 is 10.2 Å². The molecule has 0 radical (unpaired) electrons. The van der Waals surface area contributed by atoms with Crippen LogP contribution in [0.4, 0.5) is 0 Å². The molecule has 1 fully saturated rings. The largest absolute Gasteiger partial charge is 0.480 e. The molecule has 1 aliphatic rings. The number of rotatable bonds is 3. The Morgan fingerprint density at radius 2 is 2.00 bits per heavy atom. The number of carboxylic acid groups (broad SMARTS) is 1. The molecule has 0 spiro atoms. The minimum Gasteiger partial charge on any atom is -0.480 e. The number of hydrogen-bond donors (Lipinski definition) is 2. The number of carboxylic acids is 1. The third-order valence-electron chi connectivity index (χ3n) is 2.70. The summed E-state index contributed by atoms with van der Waals surface area (Å²) in [6.45, 7) is 6.86. The van der Waals surface area contributed by atoms with Gasteiger partial charge in [-0.2, -0.15) is 0 Å². The van der Waals surface area contributed by atoms with Crippen molar-refractivity contribution in [2.45, 2.75) is 26.3 Å². The van der Waals surface area contributed by atoms with Crippen LogP contribution in [-0.4, -0.2) is 46.3 Å². The molecule has 4 nitrogen and oxygen atoms in total. The van der Waals surface area contributed by atoms with Crippen molar-refractivity contribution in [1.29, 1.82) is 0 Å². The second-order valence-electron chi connectivity index (χ2n) is 4.76. The van der Waals surface area contributed by atoms with Gasteiger partial charge in [0.1, 0.15) is 5.54 Å². The van der Waals surface area contributed by atoms with Gasteiger partial charge in [0.15, 0.2) is 0 Å². The summed E-state index contributed by atoms with van der Waals surface area (Å²) in [6, 6.07) is 0. The van der Waals surface area contributed by atoms with Crippen LogP contribution in [0.25, 0.3) is 0 Å². The highest BCUT2D eigenvalue weighted by Crippen LogP contribution is 2.34. The molecule has 0 aromatic heterocycles. The number of nitrogens with zero attached hydrogens (tertiary/aromatic N) is 1. The fourth-order valence-electron chi connectivity index (χ4n) is 1.64. The average Bonchev–Trinajstić information content (AvgIpc) is 1.98. The van der Waals surface area contributed by atoms with Gasteiger partial charge in [0.25, 0.3) is 0 Å². The molecule has 0 aliphatic carbocycles. The number of hydrogen-bond acceptors (Lipinski definition) is 3. The molecule has 13 heavy (non-hydrogen) atoms. The number of aliphatic hydroxyl groups is 1. The van der Waals surface area contributed by atoms with Crippen molar-refractivity contribution in [1.82, 2.24) is 4.90 Å². The van der Waals surface area contributed by atoms with Crippen molar-refractivity contribution in [3.05, 3.63) is 0 Å². The van der Waals surface area contributed by atoms with Crippen LogP contribution in [0.2, 0.25) is 0 Å². The highest BCUT2D eigenvalue weighted by atomic mass is 16.4. The van der Waals surface area contributed by atoms with E-state index in [4.69, 9.17) is 10.2 Å². The van der Waals surface area contributed by atoms with Crippen LogP contribution in [0.5, 0.6) is 0 Å². The zero-order valence-corrected chi connectivity index (χ0v) is 8.37. The third-order valence-corrected chi connectivity index (χ3v) is 2.70. The molecule has 1 heterocycles. The van der Waals surface area contributed by atoms with Crippen molar-refractivity contribution in [2.24, 2.45) is 5.41 Å². The summed E-state index contributed by atoms with van der Waals surface area (Å²) in [6.07, 6.45) is 0. The van der Waals surface area contributed by atoms with E-state index in [9.17, 15) is 4.79 Å². The van der Waals surface area contributed by atoms with Crippen molar-refractivity contribution < 1.29 is 15.0 Å². The first kappa shape index (κ1) is 10.5. The Hall–Kier alpha value is -0.610. The van der Waals surface area contributed by atoms with Crippen LogP contribution < -0.4 is 0 Å². The van der Waals surface area contributed by atoms with Crippen LogP contribution in [0.15, 0.2) is 0 Å². The Bertz CT molecular complexity index is 219. The van der Waals surface area contributed by atoms with Gasteiger partial charge >= 0.3 is 5.97 Å². The van der Waals surface area contributed by atoms with E-state index in [-0.39, 0.29) is 12.0 Å². The highest BCUT2D eigenvalue weighted by molar-refractivity contribution is 5.78. The van der Waals surface area contributed by atoms with E-state index in [1.807, 2.05) is 0 Å². The van der Waals surface area contributed by atoms with E-state index in [2.05, 4.69) is 13.8 Å². The summed E-state index contributed by atoms with van der Waals surface area (Å²) in [5.74, 6) is -0.953. The lowest BCUT2D eigenvalue weighted by Crippen LogP contribution is -2.66. The summed E-state index contributed by atoms with van der Waals surface area (Å²) in [7, 11) is 0. The molecular formula is C9H17NO3. The van der Waals surface area contributed by atoms with E-state index < -0.39 is 11.5 Å². The predicted octanol–water partition coefficient (Wildman–Crippen LogP) is 0.164. The monoisotopic (exact) mass is 187 g/mol. The lowest BCUT2D eigenvalue weighted by atomic mass is 9.80. The first-order valence-corrected chi connectivity index (χ1v) is 4.41. The van der Waals surface area contributed by atoms with Crippen LogP contribution >= 0.6 is 0 Å². The fraction of sp³-hybridized carbons (Fsp3) is 0.889. The minimum absolute atomic E-state index is 0.186. The maximum atomic E-state index is 10.9. The van der Waals surface area contributed by atoms with E-state index in [1.165, 1.54) is 0 Å². The summed E-state index contributed by atoms with van der Waals surface area (Å²) < 4.78 is 0. The van der Waals surface area contributed by atoms with Gasteiger partial charge in [-0.05, 0) is 12.3 Å². The van der Waals surface area contributed by atoms with Gasteiger partial charge in [0, 0.05) is 13.1 Å². The molecule has 2 N–H and O–H groups in total. The number of carbonyl (C=O) groups is 1. The van der Waals surface area contributed by atoms with Gasteiger partial charge in [0.2, 0.25) is 0 Å². The van der Waals surface area contributed by atoms with Gasteiger partial charge in [-0.1, -0.05) is 13.8 Å². The molecule has 76 valence electrons. The standard InChI is InChI=1S/C9H17NO3/c1-8(2)4-10(5-8)9(3,6-11)7(12)13/h11H,4-6H2,1-3H3,(H,12,13). The second-order valence-corrected chi connectivity index (χ2v) is 4.76. The maximum absolute atomic E-state index is 10.9. The van der Waals surface area contributed by atoms with Gasteiger partial charge in [-0.3, -0.25) is 9.69 Å². The minimum atomic E-state index is -1.10. The molecule has 4 heteroatoms. The average molecular weight is 187 g/mol. The summed E-state index contributed by atoms with van der Waals surface area (Å²) in [5.41, 5.74) is -0.915. The molecule has 0 saturated carbocycles. The first-order valence-electron chi connectivity index (χ1n) is 4.41. The number of aliphatic carboxylic acids is 1. The molecule has 1 aliphatic heterocycles. The SMILES string of the molecule is CC1(C)CN(C(C)(CO)C(=O)O)C1. The van der Waals surface area contributed by atoms with E-state index in [0.29, 0.717) is 0 Å². The third kappa shape index (κ3) is 1.69. The van der Waals surface area contributed by atoms with Crippen molar-refractivity contribution in [3.63, 3.8) is 0 Å². The Morgan fingerprint density at radius 1 is 1.54 bits per heavy atom. The zero-order chi connectivity index (χ0) is 10.3. The van der Waals surface area contributed by atoms with E-state index in [1.54, 1.807) is 11.8 Å². The Kier molecular flexibility index (Phi) is 2.38. The lowest BCUT2D eigenvalue weighted by Gasteiger charge is -2.52. The lowest BCUT2D eigenvalue weighted by molar-refractivity contribution is -0.163. The Balaban J connectivity index is 2.66. The summed E-state index contributed by atoms with van der Waals surface area (Å²) in [5, 5.41) is 18.0. The number of aliphatic hydroxyl groups excluding tert-OH is 1. The van der Waals surface area contributed by atoms with Crippen molar-refractivity contribution >= 4 is 5.97 Å². The van der Waals surface area contributed by atoms with Gasteiger partial charge in [-0.15, -0.1) is 0 Å². The fourth-order valence-corrected chi connectivity index (χ4v) is 1.64. The van der Waals surface area contributed by atoms with E-state index in [0.717, 1.165) is 13.1 Å². The van der Waals surface area contributed by atoms with Crippen LogP contribution in [0.3, 0.4) is 0 Å². The molecule has 0 aromatic rings. The van der Waals surface area contributed by atoms with Crippen molar-refractivity contribution in [2.75, 3.05) is 19.7 Å². The summed E-state index contributed by atoms with van der Waals surface area (Å²) >= 11 is 0. The Morgan fingerprint density at radius 3 is 2.23 bits per heavy atom. The molecule has 1 atom stereocenters. The maximum Gasteiger partial charge on any atom is 0.326 e. The number of likely N-dealkylation sites (tertiary alicyclic amines) is 1. The second kappa shape index (κ2) is 2.96. The van der Waals surface area contributed by atoms with Crippen LogP contribution in [0.1, 0.15) is 20.8 Å². The molecule has 0 bridgehead atoms. The molecular weight excluding hydrogens is 170 g/mol. The normalized spacial score (nSPS) is 26.2. The topological polar surface area (TPSA) is 60.8 Å². The van der Waals surface area contributed by atoms with Crippen LogP contribution in [-0.2, 0) is 4.79 Å². The Labute approximate surface area is 78.2 Å². The quantitative estimate of drug-likeness (QED) is 0.661. The van der Waals surface area contributed by atoms with Crippen molar-refractivity contribution in [3.8, 4) is 0 Å². The molecule has 1 rings (SSSR count). The molecule has 1 saturated heterocycles. The van der Waals surface area contributed by atoms with Gasteiger partial charge in [0.05, 0.1) is 6.61 Å². The first-order chi connectivity index (χ1) is 5.82. The smallest absolute Gasteiger partial charge is 0.326 e. The van der Waals surface area contributed by atoms with Crippen LogP contribution in [0, 0.1) is 5.41 Å².